The van der Waals surface area contributed by atoms with Crippen LogP contribution in [0.3, 0.4) is 0 Å². The summed E-state index contributed by atoms with van der Waals surface area (Å²) < 4.78 is 13.7. The van der Waals surface area contributed by atoms with Crippen molar-refractivity contribution in [2.45, 2.75) is 38.6 Å². The fourth-order valence-corrected chi connectivity index (χ4v) is 2.89. The molecule has 0 aromatic heterocycles. The molecule has 3 heteroatoms. The lowest BCUT2D eigenvalue weighted by Crippen LogP contribution is -2.53. The molecule has 94 valence electrons. The molecule has 1 fully saturated rings. The van der Waals surface area contributed by atoms with Gasteiger partial charge in [0.2, 0.25) is 0 Å². The summed E-state index contributed by atoms with van der Waals surface area (Å²) in [7, 11) is 0. The van der Waals surface area contributed by atoms with Crippen molar-refractivity contribution in [3.63, 3.8) is 0 Å². The number of halogens is 1. The number of hydrogen-bond donors (Lipinski definition) is 2. The van der Waals surface area contributed by atoms with Crippen LogP contribution in [0.5, 0.6) is 0 Å². The molecule has 1 aliphatic rings. The van der Waals surface area contributed by atoms with E-state index in [0.717, 1.165) is 19.3 Å². The first kappa shape index (κ1) is 12.4. The molecular formula is C14H21FN2. The Labute approximate surface area is 102 Å². The molecule has 1 unspecified atom stereocenters. The minimum absolute atomic E-state index is 0.101. The summed E-state index contributed by atoms with van der Waals surface area (Å²) in [5, 5.41) is 3.36. The molecule has 1 saturated carbocycles. The Morgan fingerprint density at radius 3 is 2.53 bits per heavy atom. The van der Waals surface area contributed by atoms with E-state index >= 15 is 0 Å². The number of para-hydroxylation sites is 1. The van der Waals surface area contributed by atoms with Crippen LogP contribution in [0.25, 0.3) is 0 Å². The molecule has 2 nitrogen and oxygen atoms in total. The first-order valence-corrected chi connectivity index (χ1v) is 6.24. The van der Waals surface area contributed by atoms with Crippen LogP contribution in [-0.4, -0.2) is 12.1 Å². The van der Waals surface area contributed by atoms with E-state index < -0.39 is 0 Å². The summed E-state index contributed by atoms with van der Waals surface area (Å²) >= 11 is 0. The zero-order valence-corrected chi connectivity index (χ0v) is 10.6. The molecule has 0 heterocycles. The van der Waals surface area contributed by atoms with E-state index in [1.807, 2.05) is 6.07 Å². The average molecular weight is 236 g/mol. The lowest BCUT2D eigenvalue weighted by molar-refractivity contribution is 0.238. The monoisotopic (exact) mass is 236 g/mol. The molecular weight excluding hydrogens is 215 g/mol. The third-order valence-electron chi connectivity index (χ3n) is 4.30. The van der Waals surface area contributed by atoms with E-state index in [4.69, 9.17) is 5.73 Å². The van der Waals surface area contributed by atoms with Gasteiger partial charge in [-0.3, -0.25) is 0 Å². The highest BCUT2D eigenvalue weighted by molar-refractivity contribution is 5.48. The molecule has 0 radical (unpaired) electrons. The molecule has 1 atom stereocenters. The summed E-state index contributed by atoms with van der Waals surface area (Å²) in [5.41, 5.74) is 6.44. The van der Waals surface area contributed by atoms with E-state index in [0.29, 0.717) is 12.2 Å². The highest BCUT2D eigenvalue weighted by atomic mass is 19.1. The molecule has 17 heavy (non-hydrogen) atoms. The van der Waals surface area contributed by atoms with E-state index in [9.17, 15) is 4.39 Å². The first-order chi connectivity index (χ1) is 8.01. The molecule has 1 aliphatic carbocycles. The van der Waals surface area contributed by atoms with E-state index in [1.54, 1.807) is 12.1 Å². The van der Waals surface area contributed by atoms with Crippen molar-refractivity contribution in [2.75, 3.05) is 11.9 Å². The third-order valence-corrected chi connectivity index (χ3v) is 4.30. The molecule has 0 saturated heterocycles. The molecule has 0 amide bonds. The Bertz CT molecular complexity index is 403. The van der Waals surface area contributed by atoms with Crippen LogP contribution in [-0.2, 0) is 0 Å². The zero-order chi connectivity index (χ0) is 12.5. The summed E-state index contributed by atoms with van der Waals surface area (Å²) in [6.45, 7) is 4.95. The Hall–Kier alpha value is -1.09. The summed E-state index contributed by atoms with van der Waals surface area (Å²) in [4.78, 5) is 0. The van der Waals surface area contributed by atoms with Gasteiger partial charge in [0.15, 0.2) is 0 Å². The average Bonchev–Trinajstić information content (AvgIpc) is 2.58. The van der Waals surface area contributed by atoms with Crippen LogP contribution >= 0.6 is 0 Å². The van der Waals surface area contributed by atoms with Gasteiger partial charge in [-0.25, -0.2) is 4.39 Å². The van der Waals surface area contributed by atoms with Crippen molar-refractivity contribution in [3.8, 4) is 0 Å². The maximum Gasteiger partial charge on any atom is 0.146 e. The maximum atomic E-state index is 13.7. The minimum atomic E-state index is -0.206. The molecule has 0 bridgehead atoms. The van der Waals surface area contributed by atoms with Crippen molar-refractivity contribution in [3.05, 3.63) is 30.1 Å². The normalized spacial score (nSPS) is 27.1. The Morgan fingerprint density at radius 1 is 1.29 bits per heavy atom. The van der Waals surface area contributed by atoms with Crippen molar-refractivity contribution in [1.29, 1.82) is 0 Å². The second-order valence-corrected chi connectivity index (χ2v) is 5.63. The number of hydrogen-bond acceptors (Lipinski definition) is 2. The first-order valence-electron chi connectivity index (χ1n) is 6.24. The maximum absolute atomic E-state index is 13.7. The van der Waals surface area contributed by atoms with Gasteiger partial charge in [0, 0.05) is 6.54 Å². The summed E-state index contributed by atoms with van der Waals surface area (Å²) in [6.07, 6.45) is 3.28. The van der Waals surface area contributed by atoms with Crippen LogP contribution in [0, 0.1) is 11.2 Å². The van der Waals surface area contributed by atoms with Gasteiger partial charge in [-0.1, -0.05) is 32.4 Å². The Kier molecular flexibility index (Phi) is 3.13. The van der Waals surface area contributed by atoms with Crippen molar-refractivity contribution < 1.29 is 4.39 Å². The Balaban J connectivity index is 2.30. The largest absolute Gasteiger partial charge is 0.375 e. The van der Waals surface area contributed by atoms with Gasteiger partial charge in [0.1, 0.15) is 5.82 Å². The predicted molar refractivity (Wildman–Crippen MR) is 69.4 cm³/mol. The standard InChI is InChI=1S/C14H21FN2/c1-13(2)8-5-9-14(13,10-16)17-12-7-4-3-6-11(12)15/h3-4,6-7,17H,5,8-10,16H2,1-2H3. The second-order valence-electron chi connectivity index (χ2n) is 5.63. The van der Waals surface area contributed by atoms with Gasteiger partial charge in [0.25, 0.3) is 0 Å². The van der Waals surface area contributed by atoms with Crippen molar-refractivity contribution in [2.24, 2.45) is 11.1 Å². The number of rotatable bonds is 3. The fraction of sp³-hybridized carbons (Fsp3) is 0.571. The quantitative estimate of drug-likeness (QED) is 0.846. The van der Waals surface area contributed by atoms with E-state index in [1.165, 1.54) is 6.07 Å². The molecule has 1 aromatic carbocycles. The predicted octanol–water partition coefficient (Wildman–Crippen LogP) is 3.15. The van der Waals surface area contributed by atoms with Gasteiger partial charge in [-0.15, -0.1) is 0 Å². The smallest absolute Gasteiger partial charge is 0.146 e. The molecule has 2 rings (SSSR count). The molecule has 1 aromatic rings. The third kappa shape index (κ3) is 2.04. The highest BCUT2D eigenvalue weighted by Crippen LogP contribution is 2.47. The van der Waals surface area contributed by atoms with Crippen molar-refractivity contribution >= 4 is 5.69 Å². The van der Waals surface area contributed by atoms with Crippen LogP contribution < -0.4 is 11.1 Å². The second kappa shape index (κ2) is 4.30. The number of nitrogens with one attached hydrogen (secondary N) is 1. The molecule has 0 spiro atoms. The lowest BCUT2D eigenvalue weighted by Gasteiger charge is -2.42. The van der Waals surface area contributed by atoms with E-state index in [-0.39, 0.29) is 16.8 Å². The van der Waals surface area contributed by atoms with Crippen LogP contribution in [0.4, 0.5) is 10.1 Å². The molecule has 0 aliphatic heterocycles. The summed E-state index contributed by atoms with van der Waals surface area (Å²) in [5.74, 6) is -0.206. The fourth-order valence-electron chi connectivity index (χ4n) is 2.89. The van der Waals surface area contributed by atoms with Crippen molar-refractivity contribution in [1.82, 2.24) is 0 Å². The number of anilines is 1. The van der Waals surface area contributed by atoms with Gasteiger partial charge >= 0.3 is 0 Å². The minimum Gasteiger partial charge on any atom is -0.375 e. The van der Waals surface area contributed by atoms with Crippen LogP contribution in [0.15, 0.2) is 24.3 Å². The van der Waals surface area contributed by atoms with Gasteiger partial charge in [-0.2, -0.15) is 0 Å². The van der Waals surface area contributed by atoms with Crippen LogP contribution in [0.2, 0.25) is 0 Å². The lowest BCUT2D eigenvalue weighted by atomic mass is 9.74. The SMILES string of the molecule is CC1(C)CCCC1(CN)Nc1ccccc1F. The zero-order valence-electron chi connectivity index (χ0n) is 10.6. The van der Waals surface area contributed by atoms with E-state index in [2.05, 4.69) is 19.2 Å². The van der Waals surface area contributed by atoms with Gasteiger partial charge < -0.3 is 11.1 Å². The Morgan fingerprint density at radius 2 is 2.00 bits per heavy atom. The summed E-state index contributed by atoms with van der Waals surface area (Å²) in [6, 6.07) is 6.81. The van der Waals surface area contributed by atoms with Gasteiger partial charge in [-0.05, 0) is 30.4 Å². The number of nitrogens with two attached hydrogens (primary N) is 1. The molecule has 3 N–H and O–H groups in total. The topological polar surface area (TPSA) is 38.0 Å². The van der Waals surface area contributed by atoms with Crippen LogP contribution in [0.1, 0.15) is 33.1 Å². The van der Waals surface area contributed by atoms with Gasteiger partial charge in [0.05, 0.1) is 11.2 Å². The highest BCUT2D eigenvalue weighted by Gasteiger charge is 2.47. The number of benzene rings is 1.